The second-order valence-corrected chi connectivity index (χ2v) is 11.2. The van der Waals surface area contributed by atoms with E-state index in [9.17, 15) is 5.11 Å². The summed E-state index contributed by atoms with van der Waals surface area (Å²) < 4.78 is 1.86. The highest BCUT2D eigenvalue weighted by Gasteiger charge is 2.46. The van der Waals surface area contributed by atoms with Gasteiger partial charge in [-0.25, -0.2) is 4.98 Å². The van der Waals surface area contributed by atoms with Gasteiger partial charge in [0.1, 0.15) is 12.1 Å². The van der Waals surface area contributed by atoms with Crippen LogP contribution in [0.4, 0.5) is 5.82 Å². The summed E-state index contributed by atoms with van der Waals surface area (Å²) in [7, 11) is 0. The highest BCUT2D eigenvalue weighted by Crippen LogP contribution is 2.51. The van der Waals surface area contributed by atoms with Gasteiger partial charge < -0.3 is 15.7 Å². The topological polar surface area (TPSA) is 79.7 Å². The minimum atomic E-state index is -0.116. The van der Waals surface area contributed by atoms with Gasteiger partial charge in [0, 0.05) is 24.0 Å². The summed E-state index contributed by atoms with van der Waals surface area (Å²) >= 11 is 14.1. The van der Waals surface area contributed by atoms with Crippen molar-refractivity contribution in [1.29, 1.82) is 0 Å². The number of anilines is 1. The molecule has 3 heterocycles. The van der Waals surface area contributed by atoms with Crippen molar-refractivity contribution in [2.75, 3.05) is 18.0 Å². The van der Waals surface area contributed by atoms with Gasteiger partial charge in [-0.3, -0.25) is 0 Å². The van der Waals surface area contributed by atoms with Crippen LogP contribution in [-0.4, -0.2) is 32.8 Å². The fourth-order valence-corrected chi connectivity index (χ4v) is 7.13. The van der Waals surface area contributed by atoms with E-state index in [1.54, 1.807) is 12.4 Å². The summed E-state index contributed by atoms with van der Waals surface area (Å²) in [5.41, 5.74) is 11.0. The molecule has 0 radical (unpaired) electrons. The van der Waals surface area contributed by atoms with Crippen LogP contribution in [0, 0.1) is 5.41 Å². The van der Waals surface area contributed by atoms with E-state index in [2.05, 4.69) is 39.2 Å². The highest BCUT2D eigenvalue weighted by molar-refractivity contribution is 7.99. The standard InChI is InChI=1S/C26H25Cl2N5OS/c27-19-6-3-7-20(22(19)28)35-23-17(14-34)12-21(33-25(23)30-15-31-33)32-10-8-26(9-11-32)13-16-4-1-2-5-18(16)24(26)29/h1-7,12,15,24,34H,8-11,13-14,29H2. The maximum atomic E-state index is 10.3. The van der Waals surface area contributed by atoms with E-state index in [1.165, 1.54) is 22.9 Å². The van der Waals surface area contributed by atoms with Crippen LogP contribution in [0.1, 0.15) is 35.6 Å². The maximum absolute atomic E-state index is 10.3. The van der Waals surface area contributed by atoms with Crippen molar-refractivity contribution in [3.05, 3.63) is 81.6 Å². The van der Waals surface area contributed by atoms with E-state index >= 15 is 0 Å². The van der Waals surface area contributed by atoms with Crippen LogP contribution < -0.4 is 10.6 Å². The Labute approximate surface area is 218 Å². The zero-order valence-electron chi connectivity index (χ0n) is 19.0. The van der Waals surface area contributed by atoms with Crippen LogP contribution in [0.15, 0.2) is 64.6 Å². The molecule has 35 heavy (non-hydrogen) atoms. The Bertz CT molecular complexity index is 1420. The minimum Gasteiger partial charge on any atom is -0.392 e. The number of aliphatic hydroxyl groups excluding tert-OH is 1. The number of aliphatic hydroxyl groups is 1. The summed E-state index contributed by atoms with van der Waals surface area (Å²) in [4.78, 5) is 8.50. The molecule has 3 N–H and O–H groups in total. The molecule has 2 aromatic carbocycles. The number of fused-ring (bicyclic) bond motifs is 2. The molecule has 180 valence electrons. The number of hydrogen-bond donors (Lipinski definition) is 2. The number of nitrogens with two attached hydrogens (primary N) is 1. The average Bonchev–Trinajstić information content (AvgIpc) is 3.47. The molecule has 2 aliphatic rings. The lowest BCUT2D eigenvalue weighted by atomic mass is 9.73. The summed E-state index contributed by atoms with van der Waals surface area (Å²) in [5, 5.41) is 15.8. The number of pyridine rings is 1. The van der Waals surface area contributed by atoms with Crippen molar-refractivity contribution in [2.45, 2.75) is 41.7 Å². The van der Waals surface area contributed by atoms with E-state index in [-0.39, 0.29) is 18.1 Å². The third kappa shape index (κ3) is 3.81. The van der Waals surface area contributed by atoms with Gasteiger partial charge in [-0.1, -0.05) is 65.3 Å². The minimum absolute atomic E-state index is 0.0708. The Morgan fingerprint density at radius 1 is 1.11 bits per heavy atom. The molecule has 1 spiro atoms. The van der Waals surface area contributed by atoms with Gasteiger partial charge in [0.25, 0.3) is 0 Å². The molecule has 1 saturated heterocycles. The molecule has 2 aromatic heterocycles. The van der Waals surface area contributed by atoms with Gasteiger partial charge in [0.2, 0.25) is 0 Å². The third-order valence-corrected chi connectivity index (χ3v) is 9.68. The van der Waals surface area contributed by atoms with Gasteiger partial charge in [-0.15, -0.1) is 0 Å². The molecule has 0 amide bonds. The number of halogens is 2. The van der Waals surface area contributed by atoms with Gasteiger partial charge in [-0.05, 0) is 59.6 Å². The number of piperidine rings is 1. The molecule has 1 unspecified atom stereocenters. The summed E-state index contributed by atoms with van der Waals surface area (Å²) in [5.74, 6) is 0.932. The molecule has 1 aliphatic heterocycles. The van der Waals surface area contributed by atoms with E-state index in [0.29, 0.717) is 15.7 Å². The van der Waals surface area contributed by atoms with Gasteiger partial charge in [0.05, 0.1) is 21.5 Å². The highest BCUT2D eigenvalue weighted by atomic mass is 35.5. The van der Waals surface area contributed by atoms with Crippen LogP contribution in [0.2, 0.25) is 10.0 Å². The first-order valence-electron chi connectivity index (χ1n) is 11.7. The molecule has 0 saturated carbocycles. The second-order valence-electron chi connectivity index (χ2n) is 9.37. The number of nitrogens with zero attached hydrogens (tertiary/aromatic N) is 4. The van der Waals surface area contributed by atoms with Crippen LogP contribution >= 0.6 is 35.0 Å². The van der Waals surface area contributed by atoms with Gasteiger partial charge >= 0.3 is 0 Å². The van der Waals surface area contributed by atoms with Crippen molar-refractivity contribution >= 4 is 46.4 Å². The number of rotatable bonds is 4. The molecule has 6 rings (SSSR count). The molecule has 0 bridgehead atoms. The number of benzene rings is 2. The first-order valence-corrected chi connectivity index (χ1v) is 13.2. The van der Waals surface area contributed by atoms with Crippen molar-refractivity contribution in [1.82, 2.24) is 14.6 Å². The lowest BCUT2D eigenvalue weighted by Gasteiger charge is -2.43. The SMILES string of the molecule is NC1c2ccccc2CC12CCN(c1cc(CO)c(Sc3cccc(Cl)c3Cl)c3ncnn13)CC2. The second kappa shape index (κ2) is 8.98. The first-order chi connectivity index (χ1) is 17.0. The predicted molar refractivity (Wildman–Crippen MR) is 140 cm³/mol. The zero-order chi connectivity index (χ0) is 24.2. The normalized spacial score (nSPS) is 19.0. The Hall–Kier alpha value is -2.29. The maximum Gasteiger partial charge on any atom is 0.171 e. The van der Waals surface area contributed by atoms with Crippen LogP contribution in [0.25, 0.3) is 5.65 Å². The molecule has 1 atom stereocenters. The molecule has 9 heteroatoms. The van der Waals surface area contributed by atoms with Gasteiger partial charge in [-0.2, -0.15) is 9.61 Å². The zero-order valence-corrected chi connectivity index (χ0v) is 21.3. The van der Waals surface area contributed by atoms with Crippen molar-refractivity contribution in [2.24, 2.45) is 11.1 Å². The first kappa shape index (κ1) is 23.1. The largest absolute Gasteiger partial charge is 0.392 e. The van der Waals surface area contributed by atoms with Crippen molar-refractivity contribution in [3.63, 3.8) is 0 Å². The van der Waals surface area contributed by atoms with Crippen LogP contribution in [0.5, 0.6) is 0 Å². The van der Waals surface area contributed by atoms with Crippen molar-refractivity contribution < 1.29 is 5.11 Å². The molecule has 1 fully saturated rings. The summed E-state index contributed by atoms with van der Waals surface area (Å²) in [6.45, 7) is 1.62. The third-order valence-electron chi connectivity index (χ3n) is 7.54. The monoisotopic (exact) mass is 525 g/mol. The molecule has 4 aromatic rings. The lowest BCUT2D eigenvalue weighted by Crippen LogP contribution is -2.45. The van der Waals surface area contributed by atoms with E-state index < -0.39 is 0 Å². The summed E-state index contributed by atoms with van der Waals surface area (Å²) in [6, 6.07) is 16.2. The fraction of sp³-hybridized carbons (Fsp3) is 0.308. The molecule has 1 aliphatic carbocycles. The average molecular weight is 526 g/mol. The van der Waals surface area contributed by atoms with E-state index in [0.717, 1.165) is 53.5 Å². The van der Waals surface area contributed by atoms with E-state index in [1.807, 2.05) is 22.7 Å². The smallest absolute Gasteiger partial charge is 0.171 e. The fourth-order valence-electron chi connectivity index (χ4n) is 5.60. The van der Waals surface area contributed by atoms with E-state index in [4.69, 9.17) is 28.9 Å². The molecule has 6 nitrogen and oxygen atoms in total. The summed E-state index contributed by atoms with van der Waals surface area (Å²) in [6.07, 6.45) is 4.59. The quantitative estimate of drug-likeness (QED) is 0.365. The lowest BCUT2D eigenvalue weighted by molar-refractivity contribution is 0.187. The van der Waals surface area contributed by atoms with Gasteiger partial charge in [0.15, 0.2) is 5.65 Å². The molecular weight excluding hydrogens is 501 g/mol. The Balaban J connectivity index is 1.31. The van der Waals surface area contributed by atoms with Crippen LogP contribution in [-0.2, 0) is 13.0 Å². The Kier molecular flexibility index (Phi) is 5.93. The van der Waals surface area contributed by atoms with Crippen LogP contribution in [0.3, 0.4) is 0 Å². The predicted octanol–water partition coefficient (Wildman–Crippen LogP) is 5.52. The number of hydrogen-bond acceptors (Lipinski definition) is 6. The van der Waals surface area contributed by atoms with Crippen molar-refractivity contribution in [3.8, 4) is 0 Å². The molecular formula is C26H25Cl2N5OS. The number of aromatic nitrogens is 3. The Morgan fingerprint density at radius 2 is 1.91 bits per heavy atom. The Morgan fingerprint density at radius 3 is 2.69 bits per heavy atom.